The summed E-state index contributed by atoms with van der Waals surface area (Å²) in [5.41, 5.74) is -1.79. The fraction of sp³-hybridized carbons (Fsp3) is 0.286. The van der Waals surface area contributed by atoms with Crippen LogP contribution in [0.25, 0.3) is 0 Å². The van der Waals surface area contributed by atoms with Crippen LogP contribution < -0.4 is 5.32 Å². The number of benzene rings is 1. The molecule has 1 unspecified atom stereocenters. The number of carbonyl (C=O) groups is 2. The smallest absolute Gasteiger partial charge is 0.416 e. The molecule has 1 aliphatic heterocycles. The number of carboxylic acid groups (broad SMARTS) is 2. The molecule has 3 N–H and O–H groups in total. The van der Waals surface area contributed by atoms with E-state index in [9.17, 15) is 33.0 Å². The Morgan fingerprint density at radius 1 is 1.26 bits per heavy atom. The van der Waals surface area contributed by atoms with Crippen LogP contribution in [0.5, 0.6) is 0 Å². The van der Waals surface area contributed by atoms with Crippen molar-refractivity contribution < 1.29 is 33.0 Å². The Hall–Kier alpha value is -2.71. The van der Waals surface area contributed by atoms with Gasteiger partial charge < -0.3 is 15.5 Å². The van der Waals surface area contributed by atoms with Crippen LogP contribution in [0.2, 0.25) is 0 Å². The summed E-state index contributed by atoms with van der Waals surface area (Å²) in [6.07, 6.45) is -6.26. The van der Waals surface area contributed by atoms with Crippen LogP contribution in [0.4, 0.5) is 18.0 Å². The molecule has 0 aromatic heterocycles. The van der Waals surface area contributed by atoms with Crippen molar-refractivity contribution >= 4 is 12.1 Å². The molecule has 0 aliphatic carbocycles. The summed E-state index contributed by atoms with van der Waals surface area (Å²) < 4.78 is 39.6. The van der Waals surface area contributed by atoms with Crippen LogP contribution in [0.15, 0.2) is 35.5 Å². The lowest BCUT2D eigenvalue weighted by atomic mass is 9.90. The van der Waals surface area contributed by atoms with Gasteiger partial charge in [0.15, 0.2) is 0 Å². The number of aliphatic carboxylic acids is 1. The number of carboxylic acids is 1. The molecule has 0 bridgehead atoms. The first-order valence-corrected chi connectivity index (χ1v) is 6.48. The van der Waals surface area contributed by atoms with E-state index in [1.165, 1.54) is 13.0 Å². The summed E-state index contributed by atoms with van der Waals surface area (Å²) in [6, 6.07) is 2.80. The molecule has 0 fully saturated rings. The van der Waals surface area contributed by atoms with Crippen LogP contribution in [-0.4, -0.2) is 33.8 Å². The maximum absolute atomic E-state index is 13.2. The van der Waals surface area contributed by atoms with Crippen molar-refractivity contribution in [1.29, 1.82) is 0 Å². The zero-order valence-electron chi connectivity index (χ0n) is 11.9. The molecular formula is C14H13F3N2O4. The van der Waals surface area contributed by atoms with Crippen LogP contribution in [0.1, 0.15) is 24.1 Å². The van der Waals surface area contributed by atoms with E-state index in [0.29, 0.717) is 4.90 Å². The van der Waals surface area contributed by atoms with E-state index >= 15 is 0 Å². The van der Waals surface area contributed by atoms with Gasteiger partial charge in [0.1, 0.15) is 0 Å². The Morgan fingerprint density at radius 2 is 1.87 bits per heavy atom. The highest BCUT2D eigenvalue weighted by atomic mass is 19.4. The topological polar surface area (TPSA) is 89.9 Å². The molecule has 1 aromatic carbocycles. The summed E-state index contributed by atoms with van der Waals surface area (Å²) in [5, 5.41) is 21.1. The predicted molar refractivity (Wildman–Crippen MR) is 72.4 cm³/mol. The fourth-order valence-corrected chi connectivity index (χ4v) is 2.52. The van der Waals surface area contributed by atoms with Gasteiger partial charge in [-0.1, -0.05) is 18.2 Å². The third-order valence-electron chi connectivity index (χ3n) is 3.54. The first-order valence-electron chi connectivity index (χ1n) is 6.48. The first-order chi connectivity index (χ1) is 10.6. The minimum absolute atomic E-state index is 0.122. The normalized spacial score (nSPS) is 18.6. The Morgan fingerprint density at radius 3 is 2.39 bits per heavy atom. The molecule has 1 heterocycles. The van der Waals surface area contributed by atoms with Gasteiger partial charge in [0.25, 0.3) is 0 Å². The molecule has 1 aromatic rings. The van der Waals surface area contributed by atoms with Gasteiger partial charge in [-0.2, -0.15) is 13.2 Å². The Labute approximate surface area is 128 Å². The predicted octanol–water partition coefficient (Wildman–Crippen LogP) is 2.65. The monoisotopic (exact) mass is 330 g/mol. The highest BCUT2D eigenvalue weighted by molar-refractivity contribution is 5.90. The van der Waals surface area contributed by atoms with Crippen LogP contribution in [0, 0.1) is 0 Å². The standard InChI is InChI=1S/C14H13F3N2O4/c1-7-10(12(20)21)11(19(6-18-7)13(22)23)8-4-2-3-5-9(8)14(15,16)17/h2-5,11,18H,6H2,1H3,(H,20,21)(H,22,23). The number of rotatable bonds is 2. The van der Waals surface area contributed by atoms with E-state index in [2.05, 4.69) is 5.32 Å². The van der Waals surface area contributed by atoms with Gasteiger partial charge in [-0.15, -0.1) is 0 Å². The lowest BCUT2D eigenvalue weighted by molar-refractivity contribution is -0.139. The second-order valence-corrected chi connectivity index (χ2v) is 4.92. The zero-order valence-corrected chi connectivity index (χ0v) is 11.9. The average Bonchev–Trinajstić information content (AvgIpc) is 2.45. The SMILES string of the molecule is CC1=C(C(=O)O)C(c2ccccc2C(F)(F)F)N(C(=O)O)CN1. The highest BCUT2D eigenvalue weighted by Gasteiger charge is 2.42. The largest absolute Gasteiger partial charge is 0.478 e. The van der Waals surface area contributed by atoms with Crippen LogP contribution >= 0.6 is 0 Å². The van der Waals surface area contributed by atoms with E-state index < -0.39 is 41.0 Å². The van der Waals surface area contributed by atoms with Crippen molar-refractivity contribution in [3.8, 4) is 0 Å². The number of nitrogens with zero attached hydrogens (tertiary/aromatic N) is 1. The maximum Gasteiger partial charge on any atom is 0.416 e. The number of nitrogens with one attached hydrogen (secondary N) is 1. The molecule has 0 spiro atoms. The Balaban J connectivity index is 2.72. The van der Waals surface area contributed by atoms with Gasteiger partial charge in [-0.3, -0.25) is 4.90 Å². The van der Waals surface area contributed by atoms with Gasteiger partial charge in [0, 0.05) is 5.70 Å². The molecule has 0 radical (unpaired) electrons. The molecule has 23 heavy (non-hydrogen) atoms. The number of halogens is 3. The van der Waals surface area contributed by atoms with Crippen molar-refractivity contribution in [2.75, 3.05) is 6.67 Å². The summed E-state index contributed by atoms with van der Waals surface area (Å²) in [6.45, 7) is 1.07. The number of allylic oxidation sites excluding steroid dienone is 1. The fourth-order valence-electron chi connectivity index (χ4n) is 2.52. The van der Waals surface area contributed by atoms with Gasteiger partial charge in [0.05, 0.1) is 23.8 Å². The van der Waals surface area contributed by atoms with Crippen LogP contribution in [0.3, 0.4) is 0 Å². The third kappa shape index (κ3) is 3.08. The molecule has 0 saturated heterocycles. The van der Waals surface area contributed by atoms with E-state index in [4.69, 9.17) is 0 Å². The van der Waals surface area contributed by atoms with E-state index in [1.807, 2.05) is 0 Å². The third-order valence-corrected chi connectivity index (χ3v) is 3.54. The van der Waals surface area contributed by atoms with E-state index in [0.717, 1.165) is 18.2 Å². The van der Waals surface area contributed by atoms with Crippen molar-refractivity contribution in [3.05, 3.63) is 46.7 Å². The van der Waals surface area contributed by atoms with Crippen molar-refractivity contribution in [1.82, 2.24) is 10.2 Å². The maximum atomic E-state index is 13.2. The van der Waals surface area contributed by atoms with Gasteiger partial charge >= 0.3 is 18.2 Å². The molecule has 124 valence electrons. The Kier molecular flexibility index (Phi) is 4.22. The summed E-state index contributed by atoms with van der Waals surface area (Å²) in [7, 11) is 0. The van der Waals surface area contributed by atoms with Gasteiger partial charge in [0.2, 0.25) is 0 Å². The van der Waals surface area contributed by atoms with Gasteiger partial charge in [-0.05, 0) is 18.6 Å². The molecule has 9 heteroatoms. The molecule has 2 rings (SSSR count). The van der Waals surface area contributed by atoms with Crippen molar-refractivity contribution in [3.63, 3.8) is 0 Å². The van der Waals surface area contributed by atoms with Crippen molar-refractivity contribution in [2.45, 2.75) is 19.1 Å². The summed E-state index contributed by atoms with van der Waals surface area (Å²) >= 11 is 0. The minimum atomic E-state index is -4.73. The van der Waals surface area contributed by atoms with E-state index in [-0.39, 0.29) is 12.4 Å². The van der Waals surface area contributed by atoms with E-state index in [1.54, 1.807) is 0 Å². The quantitative estimate of drug-likeness (QED) is 0.776. The highest BCUT2D eigenvalue weighted by Crippen LogP contribution is 2.40. The molecule has 0 saturated carbocycles. The molecule has 1 amide bonds. The minimum Gasteiger partial charge on any atom is -0.478 e. The second kappa shape index (κ2) is 5.82. The average molecular weight is 330 g/mol. The summed E-state index contributed by atoms with van der Waals surface area (Å²) in [5.74, 6) is -1.48. The number of alkyl halides is 3. The van der Waals surface area contributed by atoms with Gasteiger partial charge in [-0.25, -0.2) is 9.59 Å². The lowest BCUT2D eigenvalue weighted by Crippen LogP contribution is -2.47. The lowest BCUT2D eigenvalue weighted by Gasteiger charge is -2.36. The number of hydrogen-bond donors (Lipinski definition) is 3. The second-order valence-electron chi connectivity index (χ2n) is 4.92. The first kappa shape index (κ1) is 16.7. The number of hydrogen-bond acceptors (Lipinski definition) is 3. The molecule has 6 nitrogen and oxygen atoms in total. The van der Waals surface area contributed by atoms with Crippen molar-refractivity contribution in [2.24, 2.45) is 0 Å². The van der Waals surface area contributed by atoms with Crippen LogP contribution in [-0.2, 0) is 11.0 Å². The zero-order chi connectivity index (χ0) is 17.4. The Bertz CT molecular complexity index is 685. The number of amides is 1. The summed E-state index contributed by atoms with van der Waals surface area (Å²) in [4.78, 5) is 23.5. The molecule has 1 aliphatic rings. The molecule has 1 atom stereocenters. The molecular weight excluding hydrogens is 317 g/mol.